The van der Waals surface area contributed by atoms with Crippen LogP contribution < -0.4 is 20.7 Å². The van der Waals surface area contributed by atoms with Crippen molar-refractivity contribution in [3.8, 4) is 5.75 Å². The first-order valence-electron chi connectivity index (χ1n) is 13.8. The Labute approximate surface area is 247 Å². The molecule has 1 heterocycles. The van der Waals surface area contributed by atoms with E-state index in [2.05, 4.69) is 5.32 Å². The Balaban J connectivity index is 1.59. The minimum absolute atomic E-state index is 0.0170. The third kappa shape index (κ3) is 4.60. The second-order valence-corrected chi connectivity index (χ2v) is 11.8. The Kier molecular flexibility index (Phi) is 7.45. The third-order valence-electron chi connectivity index (χ3n) is 8.78. The summed E-state index contributed by atoms with van der Waals surface area (Å²) in [7, 11) is 6.77. The van der Waals surface area contributed by atoms with Gasteiger partial charge in [0.05, 0.1) is 11.6 Å². The number of hydrogen-bond acceptors (Lipinski definition) is 11. The van der Waals surface area contributed by atoms with Gasteiger partial charge < -0.3 is 41.6 Å². The number of anilines is 1. The van der Waals surface area contributed by atoms with E-state index in [4.69, 9.17) is 5.73 Å². The number of hydrogen-bond donors (Lipinski definition) is 6. The zero-order chi connectivity index (χ0) is 31.5. The number of phenolic OH excluding ortho intramolecular Hbond substituents is 1. The third-order valence-corrected chi connectivity index (χ3v) is 8.78. The van der Waals surface area contributed by atoms with Crippen LogP contribution in [0.15, 0.2) is 53.3 Å². The van der Waals surface area contributed by atoms with Gasteiger partial charge in [0.1, 0.15) is 22.8 Å². The number of nitrogens with one attached hydrogen (secondary N) is 1. The summed E-state index contributed by atoms with van der Waals surface area (Å²) < 4.78 is 0.671. The van der Waals surface area contributed by atoms with E-state index in [1.807, 2.05) is 4.90 Å². The van der Waals surface area contributed by atoms with Crippen molar-refractivity contribution in [2.75, 3.05) is 33.1 Å². The van der Waals surface area contributed by atoms with Crippen LogP contribution in [0.1, 0.15) is 33.5 Å². The molecule has 43 heavy (non-hydrogen) atoms. The van der Waals surface area contributed by atoms with Gasteiger partial charge in [-0.3, -0.25) is 19.3 Å². The van der Waals surface area contributed by atoms with Gasteiger partial charge in [0, 0.05) is 62.1 Å². The lowest BCUT2D eigenvalue weighted by Gasteiger charge is -2.50. The molecule has 13 nitrogen and oxygen atoms in total. The van der Waals surface area contributed by atoms with E-state index in [0.29, 0.717) is 28.1 Å². The van der Waals surface area contributed by atoms with Gasteiger partial charge in [0.2, 0.25) is 5.78 Å². The van der Waals surface area contributed by atoms with Crippen LogP contribution in [0.2, 0.25) is 0 Å². The summed E-state index contributed by atoms with van der Waals surface area (Å²) in [6.07, 6.45) is 2.96. The minimum Gasteiger partial charge on any atom is -0.619 e. The number of fused-ring (bicyclic) bond motifs is 3. The van der Waals surface area contributed by atoms with E-state index in [1.165, 1.54) is 17.3 Å². The number of nitrogens with two attached hydrogens (primary N) is 1. The second-order valence-electron chi connectivity index (χ2n) is 11.8. The zero-order valence-corrected chi connectivity index (χ0v) is 24.3. The Morgan fingerprint density at radius 1 is 1.14 bits per heavy atom. The molecule has 4 atom stereocenters. The summed E-state index contributed by atoms with van der Waals surface area (Å²) in [5.41, 5.74) is 4.06. The number of phenols is 1. The molecule has 1 aromatic heterocycles. The van der Waals surface area contributed by atoms with E-state index in [0.717, 1.165) is 5.56 Å². The normalized spacial score (nSPS) is 25.0. The molecule has 0 spiro atoms. The molecular weight excluding hydrogens is 558 g/mol. The molecule has 13 heteroatoms. The molecule has 0 fully saturated rings. The molecule has 0 saturated carbocycles. The summed E-state index contributed by atoms with van der Waals surface area (Å²) in [6, 6.07) is 4.04. The van der Waals surface area contributed by atoms with Crippen molar-refractivity contribution >= 4 is 23.2 Å². The van der Waals surface area contributed by atoms with Crippen LogP contribution in [0, 0.1) is 17.0 Å². The number of nitrogens with zero attached hydrogens (tertiary/aromatic N) is 3. The number of aliphatic hydroxyl groups is 3. The van der Waals surface area contributed by atoms with Gasteiger partial charge in [0.15, 0.2) is 23.8 Å². The van der Waals surface area contributed by atoms with Gasteiger partial charge in [-0.15, -0.1) is 0 Å². The van der Waals surface area contributed by atoms with Crippen LogP contribution in [-0.4, -0.2) is 82.6 Å². The molecule has 3 aliphatic carbocycles. The standard InChI is InChI=1S/C30H35N5O8/c1-33(2)19-11-16(13-32-12-14-5-7-35(43)8-6-14)24(36)21-17(19)9-15-10-18-23(34(3)4)26(38)22(29(31)41)28(40)30(18,42)27(39)20(15)25(21)37/h5-8,11,15,18,23,32,36,38-39,42H,9-10,12-13H2,1-4H3,(H2,31,41)/t15-,18-,23-,30-/m0/s1. The first-order chi connectivity index (χ1) is 20.2. The topological polar surface area (TPSA) is 204 Å². The molecule has 0 unspecified atom stereocenters. The molecule has 7 N–H and O–H groups in total. The number of benzene rings is 1. The molecule has 1 amide bonds. The van der Waals surface area contributed by atoms with Crippen molar-refractivity contribution in [3.63, 3.8) is 0 Å². The highest BCUT2D eigenvalue weighted by molar-refractivity contribution is 6.25. The number of allylic oxidation sites excluding steroid dienone is 1. The van der Waals surface area contributed by atoms with E-state index in [9.17, 15) is 40.0 Å². The van der Waals surface area contributed by atoms with E-state index in [-0.39, 0.29) is 36.3 Å². The number of primary amides is 1. The molecule has 5 rings (SSSR count). The summed E-state index contributed by atoms with van der Waals surface area (Å²) in [4.78, 5) is 43.1. The average molecular weight is 594 g/mol. The number of aromatic nitrogens is 1. The molecular formula is C30H35N5O8. The van der Waals surface area contributed by atoms with Gasteiger partial charge in [-0.2, -0.15) is 4.73 Å². The Morgan fingerprint density at radius 3 is 2.37 bits per heavy atom. The fraction of sp³-hybridized carbons (Fsp3) is 0.400. The highest BCUT2D eigenvalue weighted by Crippen LogP contribution is 2.53. The van der Waals surface area contributed by atoms with Crippen molar-refractivity contribution in [3.05, 3.63) is 80.7 Å². The van der Waals surface area contributed by atoms with Crippen LogP contribution in [0.3, 0.4) is 0 Å². The number of carbonyl (C=O) groups excluding carboxylic acids is 3. The van der Waals surface area contributed by atoms with Crippen LogP contribution in [0.5, 0.6) is 5.75 Å². The van der Waals surface area contributed by atoms with Crippen LogP contribution in [0.25, 0.3) is 0 Å². The highest BCUT2D eigenvalue weighted by atomic mass is 16.5. The lowest BCUT2D eigenvalue weighted by Crippen LogP contribution is -2.63. The maximum atomic E-state index is 14.1. The first kappa shape index (κ1) is 30.0. The fourth-order valence-corrected chi connectivity index (χ4v) is 6.79. The van der Waals surface area contributed by atoms with E-state index >= 15 is 0 Å². The minimum atomic E-state index is -2.69. The zero-order valence-electron chi connectivity index (χ0n) is 24.3. The molecule has 3 aliphatic rings. The number of aliphatic hydroxyl groups excluding tert-OH is 2. The van der Waals surface area contributed by atoms with Crippen molar-refractivity contribution < 1.29 is 39.5 Å². The van der Waals surface area contributed by atoms with Gasteiger partial charge >= 0.3 is 0 Å². The number of Topliss-reactive ketones (excluding diaryl/α,β-unsaturated/α-hetero) is 2. The van der Waals surface area contributed by atoms with E-state index < -0.39 is 58.0 Å². The predicted molar refractivity (Wildman–Crippen MR) is 154 cm³/mol. The average Bonchev–Trinajstić information content (AvgIpc) is 2.92. The Hall–Kier alpha value is -4.46. The molecule has 0 bridgehead atoms. The van der Waals surface area contributed by atoms with Gasteiger partial charge in [-0.05, 0) is 50.0 Å². The molecule has 0 radical (unpaired) electrons. The van der Waals surface area contributed by atoms with Gasteiger partial charge in [-0.25, -0.2) is 0 Å². The number of rotatable bonds is 7. The lowest BCUT2D eigenvalue weighted by atomic mass is 9.58. The number of ketones is 2. The maximum Gasteiger partial charge on any atom is 0.255 e. The fourth-order valence-electron chi connectivity index (χ4n) is 6.79. The first-order valence-corrected chi connectivity index (χ1v) is 13.8. The van der Waals surface area contributed by atoms with Crippen LogP contribution >= 0.6 is 0 Å². The lowest BCUT2D eigenvalue weighted by molar-refractivity contribution is -0.605. The summed E-state index contributed by atoms with van der Waals surface area (Å²) in [5, 5.41) is 60.1. The molecule has 1 aromatic carbocycles. The van der Waals surface area contributed by atoms with Crippen LogP contribution in [-0.2, 0) is 29.1 Å². The van der Waals surface area contributed by atoms with Crippen molar-refractivity contribution in [1.82, 2.24) is 10.2 Å². The van der Waals surface area contributed by atoms with E-state index in [1.54, 1.807) is 46.4 Å². The van der Waals surface area contributed by atoms with Gasteiger partial charge in [0.25, 0.3) is 5.91 Å². The number of amides is 1. The summed E-state index contributed by atoms with van der Waals surface area (Å²) >= 11 is 0. The monoisotopic (exact) mass is 593 g/mol. The van der Waals surface area contributed by atoms with Crippen molar-refractivity contribution in [2.45, 2.75) is 37.6 Å². The molecule has 0 saturated heterocycles. The molecule has 0 aliphatic heterocycles. The number of aromatic hydroxyl groups is 1. The second kappa shape index (κ2) is 10.7. The quantitative estimate of drug-likeness (QED) is 0.144. The highest BCUT2D eigenvalue weighted by Gasteiger charge is 2.63. The Bertz CT molecular complexity index is 1600. The summed E-state index contributed by atoms with van der Waals surface area (Å²) in [6.45, 7) is 0.539. The number of carbonyl (C=O) groups is 3. The largest absolute Gasteiger partial charge is 0.619 e. The van der Waals surface area contributed by atoms with Gasteiger partial charge in [-0.1, -0.05) is 0 Å². The Morgan fingerprint density at radius 2 is 1.79 bits per heavy atom. The number of pyridine rings is 1. The van der Waals surface area contributed by atoms with Crippen LogP contribution in [0.4, 0.5) is 5.69 Å². The molecule has 2 aromatic rings. The molecule has 228 valence electrons. The SMILES string of the molecule is CN(C)c1cc(CNCc2cc[n+]([O-])cc2)c(O)c2c1C[C@H]1C[C@H]3[C@H](N(C)C)C(O)=C(C(N)=O)C(=O)[C@@]3(O)C(O)=C1C2=O. The maximum absolute atomic E-state index is 14.1. The summed E-state index contributed by atoms with van der Waals surface area (Å²) in [5.74, 6) is -6.84. The van der Waals surface area contributed by atoms with Crippen molar-refractivity contribution in [2.24, 2.45) is 17.6 Å². The smallest absolute Gasteiger partial charge is 0.255 e. The predicted octanol–water partition coefficient (Wildman–Crippen LogP) is 0.110. The van der Waals surface area contributed by atoms with Crippen molar-refractivity contribution in [1.29, 1.82) is 0 Å². The number of likely N-dealkylation sites (N-methyl/N-ethyl adjacent to an activating group) is 1.